The van der Waals surface area contributed by atoms with Crippen LogP contribution in [0.15, 0.2) is 6.20 Å². The Hall–Kier alpha value is -2.18. The molecule has 0 saturated heterocycles. The molecule has 2 rings (SSSR count). The normalized spacial score (nSPS) is 16.1. The Morgan fingerprint density at radius 3 is 2.63 bits per heavy atom. The number of hydrogen-bond acceptors (Lipinski definition) is 6. The topological polar surface area (TPSA) is 112 Å². The van der Waals surface area contributed by atoms with E-state index in [1.807, 2.05) is 10.9 Å². The van der Waals surface area contributed by atoms with Gasteiger partial charge >= 0.3 is 12.1 Å². The van der Waals surface area contributed by atoms with Crippen LogP contribution in [0.5, 0.6) is 0 Å². The van der Waals surface area contributed by atoms with Gasteiger partial charge in [-0.25, -0.2) is 4.79 Å². The molecule has 0 saturated carbocycles. The molecule has 9 nitrogen and oxygen atoms in total. The van der Waals surface area contributed by atoms with E-state index in [4.69, 9.17) is 24.1 Å². The van der Waals surface area contributed by atoms with E-state index in [0.717, 1.165) is 12.1 Å². The number of carboxylic acids is 1. The lowest BCUT2D eigenvalue weighted by Gasteiger charge is -2.22. The molecular formula is C15H22F3N3O6. The van der Waals surface area contributed by atoms with Crippen molar-refractivity contribution in [3.63, 3.8) is 0 Å². The summed E-state index contributed by atoms with van der Waals surface area (Å²) >= 11 is 0. The number of carboxylic acid groups (broad SMARTS) is 1. The molecule has 0 fully saturated rings. The van der Waals surface area contributed by atoms with Gasteiger partial charge in [-0.05, 0) is 12.0 Å². The van der Waals surface area contributed by atoms with Gasteiger partial charge in [-0.1, -0.05) is 0 Å². The zero-order chi connectivity index (χ0) is 20.4. The first kappa shape index (κ1) is 22.9. The number of carbonyl (C=O) groups is 2. The molecule has 1 atom stereocenters. The fraction of sp³-hybridized carbons (Fsp3) is 0.667. The molecule has 154 valence electrons. The summed E-state index contributed by atoms with van der Waals surface area (Å²) in [5.74, 6) is -2.91. The lowest BCUT2D eigenvalue weighted by atomic mass is 10.1. The summed E-state index contributed by atoms with van der Waals surface area (Å²) in [6.45, 7) is 2.45. The summed E-state index contributed by atoms with van der Waals surface area (Å²) in [5.41, 5.74) is 2.09. The number of nitrogens with one attached hydrogen (secondary N) is 1. The summed E-state index contributed by atoms with van der Waals surface area (Å²) in [6, 6.07) is 0. The van der Waals surface area contributed by atoms with Crippen LogP contribution in [-0.4, -0.2) is 73.5 Å². The van der Waals surface area contributed by atoms with E-state index < -0.39 is 12.1 Å². The molecular weight excluding hydrogens is 375 g/mol. The van der Waals surface area contributed by atoms with Gasteiger partial charge in [0, 0.05) is 27.0 Å². The van der Waals surface area contributed by atoms with Crippen LogP contribution >= 0.6 is 0 Å². The summed E-state index contributed by atoms with van der Waals surface area (Å²) in [6.07, 6.45) is -2.39. The Morgan fingerprint density at radius 2 is 2.07 bits per heavy atom. The third-order valence-electron chi connectivity index (χ3n) is 3.39. The second kappa shape index (κ2) is 10.8. The lowest BCUT2D eigenvalue weighted by molar-refractivity contribution is -0.192. The molecule has 0 aromatic carbocycles. The molecule has 1 aliphatic rings. The summed E-state index contributed by atoms with van der Waals surface area (Å²) in [4.78, 5) is 20.3. The monoisotopic (exact) mass is 397 g/mol. The van der Waals surface area contributed by atoms with E-state index in [1.165, 1.54) is 12.7 Å². The van der Waals surface area contributed by atoms with Gasteiger partial charge in [0.05, 0.1) is 25.5 Å². The molecule has 1 aromatic heterocycles. The number of ether oxygens (including phenoxy) is 3. The van der Waals surface area contributed by atoms with Crippen molar-refractivity contribution in [2.45, 2.75) is 25.2 Å². The van der Waals surface area contributed by atoms with Crippen molar-refractivity contribution in [1.29, 1.82) is 0 Å². The molecule has 0 radical (unpaired) electrons. The van der Waals surface area contributed by atoms with E-state index >= 15 is 0 Å². The van der Waals surface area contributed by atoms with Crippen molar-refractivity contribution < 1.29 is 42.1 Å². The van der Waals surface area contributed by atoms with Crippen LogP contribution in [-0.2, 0) is 36.8 Å². The maximum Gasteiger partial charge on any atom is 0.490 e. The quantitative estimate of drug-likeness (QED) is 0.691. The van der Waals surface area contributed by atoms with Crippen molar-refractivity contribution in [3.05, 3.63) is 17.5 Å². The first-order valence-electron chi connectivity index (χ1n) is 7.91. The van der Waals surface area contributed by atoms with Crippen molar-refractivity contribution in [1.82, 2.24) is 15.1 Å². The minimum absolute atomic E-state index is 0.0574. The van der Waals surface area contributed by atoms with Gasteiger partial charge in [0.1, 0.15) is 12.7 Å². The molecule has 12 heteroatoms. The molecule has 2 N–H and O–H groups in total. The second-order valence-electron chi connectivity index (χ2n) is 5.44. The van der Waals surface area contributed by atoms with Crippen molar-refractivity contribution in [2.75, 3.05) is 40.6 Å². The van der Waals surface area contributed by atoms with Crippen molar-refractivity contribution in [3.8, 4) is 0 Å². The highest BCUT2D eigenvalue weighted by atomic mass is 19.4. The van der Waals surface area contributed by atoms with Crippen LogP contribution < -0.4 is 5.32 Å². The predicted octanol–water partition coefficient (Wildman–Crippen LogP) is 0.539. The van der Waals surface area contributed by atoms with E-state index in [2.05, 4.69) is 10.4 Å². The summed E-state index contributed by atoms with van der Waals surface area (Å²) < 4.78 is 49.1. The fourth-order valence-corrected chi connectivity index (χ4v) is 2.17. The Labute approximate surface area is 153 Å². The standard InChI is InChI=1S/C13H21N3O4.C2HF3O2/c1-18-6-4-16-8-10-3-5-20-11(13(10)15-16)7-14-12(17)9-19-2;3-2(4,5)1(6)7/h8,11H,3-7,9H2,1-2H3,(H,14,17);(H,6,7). The smallest absolute Gasteiger partial charge is 0.475 e. The lowest BCUT2D eigenvalue weighted by Crippen LogP contribution is -2.33. The summed E-state index contributed by atoms with van der Waals surface area (Å²) in [7, 11) is 3.16. The average Bonchev–Trinajstić information content (AvgIpc) is 3.01. The van der Waals surface area contributed by atoms with Crippen LogP contribution in [0.2, 0.25) is 0 Å². The number of methoxy groups -OCH3 is 2. The highest BCUT2D eigenvalue weighted by molar-refractivity contribution is 5.77. The number of nitrogens with zero attached hydrogens (tertiary/aromatic N) is 2. The number of alkyl halides is 3. The Morgan fingerprint density at radius 1 is 1.41 bits per heavy atom. The highest BCUT2D eigenvalue weighted by Crippen LogP contribution is 2.25. The third-order valence-corrected chi connectivity index (χ3v) is 3.39. The van der Waals surface area contributed by atoms with E-state index in [1.54, 1.807) is 7.11 Å². The number of fused-ring (bicyclic) bond motifs is 1. The molecule has 0 bridgehead atoms. The van der Waals surface area contributed by atoms with Crippen LogP contribution in [0.1, 0.15) is 17.4 Å². The van der Waals surface area contributed by atoms with Crippen LogP contribution in [0.3, 0.4) is 0 Å². The Bertz CT molecular complexity index is 620. The zero-order valence-corrected chi connectivity index (χ0v) is 14.9. The van der Waals surface area contributed by atoms with E-state index in [-0.39, 0.29) is 18.6 Å². The molecule has 1 unspecified atom stereocenters. The first-order chi connectivity index (χ1) is 12.7. The van der Waals surface area contributed by atoms with Gasteiger partial charge in [0.25, 0.3) is 0 Å². The molecule has 27 heavy (non-hydrogen) atoms. The molecule has 2 heterocycles. The molecule has 0 aliphatic carbocycles. The van der Waals surface area contributed by atoms with Gasteiger partial charge in [-0.15, -0.1) is 0 Å². The maximum atomic E-state index is 11.4. The number of hydrogen-bond donors (Lipinski definition) is 2. The average molecular weight is 397 g/mol. The number of aromatic nitrogens is 2. The number of rotatable bonds is 7. The minimum atomic E-state index is -5.08. The van der Waals surface area contributed by atoms with E-state index in [9.17, 15) is 18.0 Å². The second-order valence-corrected chi connectivity index (χ2v) is 5.44. The number of aliphatic carboxylic acids is 1. The SMILES string of the molecule is COCCn1cc2c(n1)C(CNC(=O)COC)OCC2.O=C(O)C(F)(F)F. The van der Waals surface area contributed by atoms with Crippen molar-refractivity contribution in [2.24, 2.45) is 0 Å². The Balaban J connectivity index is 0.000000445. The van der Waals surface area contributed by atoms with E-state index in [0.29, 0.717) is 26.3 Å². The highest BCUT2D eigenvalue weighted by Gasteiger charge is 2.38. The molecule has 1 aromatic rings. The summed E-state index contributed by atoms with van der Waals surface area (Å²) in [5, 5.41) is 14.4. The zero-order valence-electron chi connectivity index (χ0n) is 14.9. The van der Waals surface area contributed by atoms with Gasteiger partial charge in [0.15, 0.2) is 0 Å². The van der Waals surface area contributed by atoms with Crippen molar-refractivity contribution >= 4 is 11.9 Å². The fourth-order valence-electron chi connectivity index (χ4n) is 2.17. The van der Waals surface area contributed by atoms with Gasteiger partial charge in [0.2, 0.25) is 5.91 Å². The molecule has 1 amide bonds. The number of halogens is 3. The van der Waals surface area contributed by atoms with Crippen LogP contribution in [0.25, 0.3) is 0 Å². The largest absolute Gasteiger partial charge is 0.490 e. The predicted molar refractivity (Wildman–Crippen MR) is 85.1 cm³/mol. The Kier molecular flexibility index (Phi) is 9.18. The number of carbonyl (C=O) groups excluding carboxylic acids is 1. The van der Waals surface area contributed by atoms with Gasteiger partial charge in [-0.2, -0.15) is 18.3 Å². The molecule has 1 aliphatic heterocycles. The van der Waals surface area contributed by atoms with Crippen LogP contribution in [0.4, 0.5) is 13.2 Å². The first-order valence-corrected chi connectivity index (χ1v) is 7.91. The minimum Gasteiger partial charge on any atom is -0.475 e. The maximum absolute atomic E-state index is 11.4. The third kappa shape index (κ3) is 7.93. The van der Waals surface area contributed by atoms with Crippen LogP contribution in [0, 0.1) is 0 Å². The van der Waals surface area contributed by atoms with Gasteiger partial charge < -0.3 is 24.6 Å². The molecule has 0 spiro atoms. The van der Waals surface area contributed by atoms with Gasteiger partial charge in [-0.3, -0.25) is 9.48 Å². The number of amides is 1.